The number of amides is 1. The first-order chi connectivity index (χ1) is 24.4. The minimum absolute atomic E-state index is 0.0774. The number of rotatable bonds is 15. The van der Waals surface area contributed by atoms with Gasteiger partial charge in [0.05, 0.1) is 64.0 Å². The summed E-state index contributed by atoms with van der Waals surface area (Å²) >= 11 is 0. The molecule has 0 fully saturated rings. The molecule has 5 rings (SSSR count). The molecule has 2 heterocycles. The Hall–Kier alpha value is -4.34. The van der Waals surface area contributed by atoms with Crippen LogP contribution in [0.1, 0.15) is 54.2 Å². The molecule has 19 heteroatoms. The van der Waals surface area contributed by atoms with Crippen LogP contribution in [0.3, 0.4) is 0 Å². The van der Waals surface area contributed by atoms with Gasteiger partial charge in [-0.15, -0.1) is 0 Å². The Bertz CT molecular complexity index is 1990. The Morgan fingerprint density at radius 1 is 0.750 bits per heavy atom. The third-order valence-corrected chi connectivity index (χ3v) is 9.71. The average molecular weight is 764 g/mol. The van der Waals surface area contributed by atoms with Crippen molar-refractivity contribution in [1.29, 1.82) is 0 Å². The fourth-order valence-electron chi connectivity index (χ4n) is 5.99. The second kappa shape index (κ2) is 15.0. The van der Waals surface area contributed by atoms with E-state index in [4.69, 9.17) is 40.0 Å². The summed E-state index contributed by atoms with van der Waals surface area (Å²) in [5, 5.41) is 0.890. The van der Waals surface area contributed by atoms with Crippen molar-refractivity contribution in [2.45, 2.75) is 48.1 Å². The summed E-state index contributed by atoms with van der Waals surface area (Å²) in [6.45, 7) is 5.93. The van der Waals surface area contributed by atoms with Crippen LogP contribution in [0.2, 0.25) is 0 Å². The van der Waals surface area contributed by atoms with E-state index in [0.717, 1.165) is 17.2 Å². The highest BCUT2D eigenvalue weighted by Crippen LogP contribution is 2.60. The van der Waals surface area contributed by atoms with E-state index in [-0.39, 0.29) is 80.9 Å². The van der Waals surface area contributed by atoms with E-state index in [9.17, 15) is 35.5 Å². The summed E-state index contributed by atoms with van der Waals surface area (Å²) < 4.78 is 103. The molecule has 0 saturated carbocycles. The van der Waals surface area contributed by atoms with Crippen LogP contribution in [0.25, 0.3) is 0 Å². The number of hydrogen-bond donors (Lipinski definition) is 2. The number of nitrogen functional groups attached to an aromatic ring is 2. The molecule has 2 aliphatic heterocycles. The number of anilines is 2. The number of ether oxygens (including phenoxy) is 5. The number of hydrogen-bond acceptors (Lipinski definition) is 16. The summed E-state index contributed by atoms with van der Waals surface area (Å²) in [6, 6.07) is 11.0. The molecule has 1 spiro atoms. The van der Waals surface area contributed by atoms with Gasteiger partial charge in [-0.05, 0) is 51.1 Å². The molecule has 0 unspecified atom stereocenters. The van der Waals surface area contributed by atoms with E-state index in [1.165, 1.54) is 24.3 Å². The van der Waals surface area contributed by atoms with Crippen molar-refractivity contribution in [3.63, 3.8) is 0 Å². The molecule has 0 radical (unpaired) electrons. The van der Waals surface area contributed by atoms with Crippen LogP contribution in [-0.4, -0.2) is 94.7 Å². The lowest BCUT2D eigenvalue weighted by Crippen LogP contribution is -2.48. The number of nitrogens with two attached hydrogens (primary N) is 2. The molecule has 52 heavy (non-hydrogen) atoms. The van der Waals surface area contributed by atoms with E-state index in [1.54, 1.807) is 32.9 Å². The average Bonchev–Trinajstić information content (AvgIpc) is 3.27. The molecule has 0 aliphatic carbocycles. The maximum Gasteiger partial charge on any atom is 0.308 e. The first kappa shape index (κ1) is 38.9. The summed E-state index contributed by atoms with van der Waals surface area (Å²) in [6.07, 6.45) is 0.108. The Labute approximate surface area is 300 Å². The molecule has 3 aromatic rings. The number of hydroxylamine groups is 2. The summed E-state index contributed by atoms with van der Waals surface area (Å²) in [4.78, 5) is 29.7. The molecule has 4 N–H and O–H groups in total. The molecular weight excluding hydrogens is 727 g/mol. The number of carbonyl (C=O) groups is 2. The van der Waals surface area contributed by atoms with Crippen LogP contribution >= 0.6 is 0 Å². The number of carbonyl (C=O) groups excluding carboxylic acids is 2. The largest absolute Gasteiger partial charge is 0.744 e. The van der Waals surface area contributed by atoms with Crippen LogP contribution in [0, 0.1) is 0 Å². The fourth-order valence-corrected chi connectivity index (χ4v) is 7.46. The van der Waals surface area contributed by atoms with Crippen LogP contribution in [0.5, 0.6) is 11.5 Å². The lowest BCUT2D eigenvalue weighted by molar-refractivity contribution is -0.171. The zero-order valence-electron chi connectivity index (χ0n) is 28.4. The Morgan fingerprint density at radius 2 is 1.23 bits per heavy atom. The molecule has 3 aromatic carbocycles. The Kier molecular flexibility index (Phi) is 11.2. The zero-order chi connectivity index (χ0) is 38.1. The van der Waals surface area contributed by atoms with E-state index in [0.29, 0.717) is 0 Å². The van der Waals surface area contributed by atoms with Crippen molar-refractivity contribution >= 4 is 43.5 Å². The van der Waals surface area contributed by atoms with E-state index in [1.807, 2.05) is 0 Å². The second-order valence-corrected chi connectivity index (χ2v) is 15.2. The highest BCUT2D eigenvalue weighted by molar-refractivity contribution is 7.86. The maximum absolute atomic E-state index is 14.1. The van der Waals surface area contributed by atoms with Gasteiger partial charge in [0.1, 0.15) is 35.6 Å². The van der Waals surface area contributed by atoms with Gasteiger partial charge in [0.15, 0.2) is 17.0 Å². The van der Waals surface area contributed by atoms with Gasteiger partial charge in [-0.1, -0.05) is 18.2 Å². The predicted molar refractivity (Wildman–Crippen MR) is 179 cm³/mol. The van der Waals surface area contributed by atoms with Crippen molar-refractivity contribution in [2.24, 2.45) is 0 Å². The van der Waals surface area contributed by atoms with Gasteiger partial charge in [0.2, 0.25) is 0 Å². The predicted octanol–water partition coefficient (Wildman–Crippen LogP) is 2.23. The summed E-state index contributed by atoms with van der Waals surface area (Å²) in [5.41, 5.74) is 8.23. The van der Waals surface area contributed by atoms with Crippen LogP contribution in [-0.2, 0) is 54.4 Å². The topological polar surface area (TPSA) is 259 Å². The van der Waals surface area contributed by atoms with E-state index >= 15 is 0 Å². The van der Waals surface area contributed by atoms with Gasteiger partial charge >= 0.3 is 5.97 Å². The minimum Gasteiger partial charge on any atom is -0.744 e. The van der Waals surface area contributed by atoms with Crippen LogP contribution in [0.15, 0.2) is 58.3 Å². The first-order valence-electron chi connectivity index (χ1n) is 15.9. The highest BCUT2D eigenvalue weighted by atomic mass is 32.2. The van der Waals surface area contributed by atoms with Crippen molar-refractivity contribution in [2.75, 3.05) is 57.7 Å². The van der Waals surface area contributed by atoms with Gasteiger partial charge in [0.25, 0.3) is 5.91 Å². The second-order valence-electron chi connectivity index (χ2n) is 12.6. The van der Waals surface area contributed by atoms with Gasteiger partial charge in [-0.2, -0.15) is 5.06 Å². The first-order valence-corrected chi connectivity index (χ1v) is 18.7. The SMILES string of the molecule is CC(C)(C)OC(=O)CCOCCOCCOCCON1C(=O)c2ccccc2C12c1ccc(N)c(S(=O)(=O)[O-])c1Oc1c2ccc(N)c1S(=O)(=O)[O-]. The monoisotopic (exact) mass is 763 g/mol. The zero-order valence-corrected chi connectivity index (χ0v) is 30.0. The summed E-state index contributed by atoms with van der Waals surface area (Å²) in [7, 11) is -10.8. The smallest absolute Gasteiger partial charge is 0.308 e. The molecule has 17 nitrogen and oxygen atoms in total. The number of nitrogens with zero attached hydrogens (tertiary/aromatic N) is 1. The molecule has 0 aromatic heterocycles. The lowest BCUT2D eigenvalue weighted by Gasteiger charge is -2.44. The minimum atomic E-state index is -5.40. The van der Waals surface area contributed by atoms with Gasteiger partial charge in [-0.25, -0.2) is 16.8 Å². The maximum atomic E-state index is 14.1. The molecule has 1 amide bonds. The highest BCUT2D eigenvalue weighted by Gasteiger charge is 2.59. The van der Waals surface area contributed by atoms with Crippen LogP contribution in [0.4, 0.5) is 11.4 Å². The lowest BCUT2D eigenvalue weighted by atomic mass is 9.75. The molecule has 0 atom stereocenters. The van der Waals surface area contributed by atoms with Crippen molar-refractivity contribution < 1.29 is 64.1 Å². The normalized spacial score (nSPS) is 14.9. The van der Waals surface area contributed by atoms with Crippen molar-refractivity contribution in [3.05, 3.63) is 70.8 Å². The van der Waals surface area contributed by atoms with Crippen molar-refractivity contribution in [3.8, 4) is 11.5 Å². The Balaban J connectivity index is 1.36. The third-order valence-electron chi connectivity index (χ3n) is 7.87. The number of fused-ring (bicyclic) bond motifs is 6. The van der Waals surface area contributed by atoms with Gasteiger partial charge in [-0.3, -0.25) is 14.4 Å². The van der Waals surface area contributed by atoms with Gasteiger partial charge in [0, 0.05) is 22.3 Å². The number of benzene rings is 3. The van der Waals surface area contributed by atoms with Crippen molar-refractivity contribution in [1.82, 2.24) is 5.06 Å². The van der Waals surface area contributed by atoms with E-state index in [2.05, 4.69) is 0 Å². The molecule has 282 valence electrons. The molecule has 0 saturated heterocycles. The summed E-state index contributed by atoms with van der Waals surface area (Å²) in [5.74, 6) is -2.51. The quantitative estimate of drug-likeness (QED) is 0.0973. The third kappa shape index (κ3) is 7.71. The molecule has 0 bridgehead atoms. The molecular formula is C33H37N3O14S2-2. The molecule has 2 aliphatic rings. The number of esters is 1. The standard InChI is InChI=1S/C33H39N3O14S2/c1-32(2,3)50-26(37)12-13-45-14-15-46-16-17-47-18-19-48-36-31(38)20-6-4-5-7-21(20)33(36)22-8-10-24(34)29(51(39,40)41)27(22)49-28-23(33)9-11-25(35)30(28)52(42,43)44/h4-11H,12-19,34-35H2,1-3H3,(H,39,40,41)(H,42,43,44)/p-2. The van der Waals surface area contributed by atoms with E-state index < -0.39 is 69.9 Å². The fraction of sp³-hybridized carbons (Fsp3) is 0.394. The van der Waals surface area contributed by atoms with Crippen LogP contribution < -0.4 is 16.2 Å². The Morgan fingerprint density at radius 3 is 1.73 bits per heavy atom. The van der Waals surface area contributed by atoms with Gasteiger partial charge < -0.3 is 44.3 Å².